The first kappa shape index (κ1) is 13.5. The van der Waals surface area contributed by atoms with Gasteiger partial charge in [-0.05, 0) is 62.9 Å². The largest absolute Gasteiger partial charge is 0.492 e. The van der Waals surface area contributed by atoms with E-state index in [1.54, 1.807) is 0 Å². The molecule has 0 aromatic carbocycles. The van der Waals surface area contributed by atoms with E-state index in [2.05, 4.69) is 34.6 Å². The predicted octanol–water partition coefficient (Wildman–Crippen LogP) is 5.31. The molecule has 0 aromatic rings. The van der Waals surface area contributed by atoms with Gasteiger partial charge in [0.15, 0.2) is 0 Å². The molecule has 0 spiro atoms. The van der Waals surface area contributed by atoms with E-state index in [9.17, 15) is 0 Å². The molecular formula is C18H30O. The molecule has 1 aliphatic heterocycles. The van der Waals surface area contributed by atoms with Crippen LogP contribution in [0.4, 0.5) is 0 Å². The molecule has 1 heteroatoms. The van der Waals surface area contributed by atoms with Crippen LogP contribution in [0.5, 0.6) is 0 Å². The standard InChI is InChI=1S/C18H30O/c1-12-13(2)19-18(5)11-10-14-8-6-7-9-15(14)16(18)17(12,3)4/h14-16H,6-11H2,1-5H3. The zero-order chi connectivity index (χ0) is 13.8. The SMILES string of the molecule is CC1=C(C)C(C)(C)C2C3CCCCC3CCC2(C)O1. The Bertz CT molecular complexity index is 406. The van der Waals surface area contributed by atoms with Gasteiger partial charge in [-0.15, -0.1) is 0 Å². The molecule has 3 aliphatic rings. The molecule has 4 unspecified atom stereocenters. The van der Waals surface area contributed by atoms with Crippen LogP contribution >= 0.6 is 0 Å². The first-order chi connectivity index (χ1) is 8.86. The van der Waals surface area contributed by atoms with Crippen LogP contribution in [0.2, 0.25) is 0 Å². The van der Waals surface area contributed by atoms with Crippen molar-refractivity contribution in [3.63, 3.8) is 0 Å². The van der Waals surface area contributed by atoms with Gasteiger partial charge in [0.2, 0.25) is 0 Å². The van der Waals surface area contributed by atoms with Gasteiger partial charge in [-0.3, -0.25) is 0 Å². The molecule has 108 valence electrons. The summed E-state index contributed by atoms with van der Waals surface area (Å²) in [6.07, 6.45) is 8.44. The van der Waals surface area contributed by atoms with Crippen LogP contribution in [-0.2, 0) is 4.74 Å². The first-order valence-electron chi connectivity index (χ1n) is 8.23. The summed E-state index contributed by atoms with van der Waals surface area (Å²) in [5, 5.41) is 0. The van der Waals surface area contributed by atoms with E-state index in [-0.39, 0.29) is 5.60 Å². The van der Waals surface area contributed by atoms with Gasteiger partial charge in [0, 0.05) is 5.92 Å². The van der Waals surface area contributed by atoms with Crippen molar-refractivity contribution < 1.29 is 4.74 Å². The third kappa shape index (κ3) is 1.87. The molecule has 2 fully saturated rings. The highest BCUT2D eigenvalue weighted by Crippen LogP contribution is 2.60. The average Bonchev–Trinajstić information content (AvgIpc) is 2.35. The van der Waals surface area contributed by atoms with Gasteiger partial charge in [-0.1, -0.05) is 33.1 Å². The van der Waals surface area contributed by atoms with Crippen molar-refractivity contribution in [2.75, 3.05) is 0 Å². The number of hydrogen-bond acceptors (Lipinski definition) is 1. The lowest BCUT2D eigenvalue weighted by Gasteiger charge is -2.59. The second-order valence-electron chi connectivity index (χ2n) is 8.04. The molecule has 4 atom stereocenters. The summed E-state index contributed by atoms with van der Waals surface area (Å²) in [4.78, 5) is 0. The molecule has 0 radical (unpaired) electrons. The van der Waals surface area contributed by atoms with Crippen molar-refractivity contribution >= 4 is 0 Å². The van der Waals surface area contributed by atoms with Crippen molar-refractivity contribution in [2.45, 2.75) is 78.7 Å². The Kier molecular flexibility index (Phi) is 3.04. The van der Waals surface area contributed by atoms with E-state index in [4.69, 9.17) is 4.74 Å². The summed E-state index contributed by atoms with van der Waals surface area (Å²) in [7, 11) is 0. The topological polar surface area (TPSA) is 9.23 Å². The molecular weight excluding hydrogens is 232 g/mol. The average molecular weight is 262 g/mol. The smallest absolute Gasteiger partial charge is 0.110 e. The van der Waals surface area contributed by atoms with E-state index < -0.39 is 0 Å². The number of hydrogen-bond donors (Lipinski definition) is 0. The Hall–Kier alpha value is -0.460. The first-order valence-corrected chi connectivity index (χ1v) is 8.23. The quantitative estimate of drug-likeness (QED) is 0.574. The van der Waals surface area contributed by atoms with Gasteiger partial charge >= 0.3 is 0 Å². The number of allylic oxidation sites excluding steroid dienone is 2. The Morgan fingerprint density at radius 1 is 1.00 bits per heavy atom. The predicted molar refractivity (Wildman–Crippen MR) is 79.8 cm³/mol. The fourth-order valence-corrected chi connectivity index (χ4v) is 5.64. The highest BCUT2D eigenvalue weighted by atomic mass is 16.5. The van der Waals surface area contributed by atoms with Crippen LogP contribution < -0.4 is 0 Å². The third-order valence-electron chi connectivity index (χ3n) is 6.72. The van der Waals surface area contributed by atoms with Crippen LogP contribution in [0.15, 0.2) is 11.3 Å². The minimum atomic E-state index is 0.0889. The molecule has 0 saturated heterocycles. The monoisotopic (exact) mass is 262 g/mol. The van der Waals surface area contributed by atoms with E-state index in [0.717, 1.165) is 11.8 Å². The van der Waals surface area contributed by atoms with Crippen molar-refractivity contribution in [2.24, 2.45) is 23.2 Å². The summed E-state index contributed by atoms with van der Waals surface area (Å²) in [6.45, 7) is 11.8. The summed E-state index contributed by atoms with van der Waals surface area (Å²) in [6, 6.07) is 0. The maximum Gasteiger partial charge on any atom is 0.110 e. The van der Waals surface area contributed by atoms with Crippen LogP contribution in [0.3, 0.4) is 0 Å². The molecule has 1 nitrogen and oxygen atoms in total. The van der Waals surface area contributed by atoms with Crippen LogP contribution in [0, 0.1) is 23.2 Å². The number of rotatable bonds is 0. The molecule has 0 N–H and O–H groups in total. The minimum Gasteiger partial charge on any atom is -0.492 e. The maximum absolute atomic E-state index is 6.45. The van der Waals surface area contributed by atoms with Gasteiger partial charge in [-0.25, -0.2) is 0 Å². The Morgan fingerprint density at radius 2 is 1.68 bits per heavy atom. The lowest BCUT2D eigenvalue weighted by atomic mass is 9.50. The molecule has 3 rings (SSSR count). The Morgan fingerprint density at radius 3 is 2.42 bits per heavy atom. The number of ether oxygens (including phenoxy) is 1. The van der Waals surface area contributed by atoms with E-state index in [1.165, 1.54) is 49.9 Å². The lowest BCUT2D eigenvalue weighted by molar-refractivity contribution is -0.158. The molecule has 2 saturated carbocycles. The summed E-state index contributed by atoms with van der Waals surface area (Å²) < 4.78 is 6.45. The molecule has 0 aromatic heterocycles. The zero-order valence-electron chi connectivity index (χ0n) is 13.4. The third-order valence-corrected chi connectivity index (χ3v) is 6.72. The van der Waals surface area contributed by atoms with Crippen molar-refractivity contribution in [1.82, 2.24) is 0 Å². The van der Waals surface area contributed by atoms with E-state index in [1.807, 2.05) is 0 Å². The Balaban J connectivity index is 2.03. The lowest BCUT2D eigenvalue weighted by Crippen LogP contribution is -2.57. The fraction of sp³-hybridized carbons (Fsp3) is 0.889. The van der Waals surface area contributed by atoms with Crippen LogP contribution in [0.1, 0.15) is 73.1 Å². The van der Waals surface area contributed by atoms with Gasteiger partial charge in [0.05, 0.1) is 5.76 Å². The highest BCUT2D eigenvalue weighted by Gasteiger charge is 2.57. The second kappa shape index (κ2) is 4.27. The van der Waals surface area contributed by atoms with Crippen molar-refractivity contribution in [1.29, 1.82) is 0 Å². The molecule has 19 heavy (non-hydrogen) atoms. The fourth-order valence-electron chi connectivity index (χ4n) is 5.64. The van der Waals surface area contributed by atoms with Gasteiger partial charge < -0.3 is 4.74 Å². The molecule has 2 aliphatic carbocycles. The second-order valence-corrected chi connectivity index (χ2v) is 8.04. The van der Waals surface area contributed by atoms with Gasteiger partial charge in [0.25, 0.3) is 0 Å². The summed E-state index contributed by atoms with van der Waals surface area (Å²) >= 11 is 0. The van der Waals surface area contributed by atoms with Gasteiger partial charge in [0.1, 0.15) is 5.60 Å². The van der Waals surface area contributed by atoms with Crippen LogP contribution in [-0.4, -0.2) is 5.60 Å². The highest BCUT2D eigenvalue weighted by molar-refractivity contribution is 5.23. The zero-order valence-corrected chi connectivity index (χ0v) is 13.4. The molecule has 0 amide bonds. The summed E-state index contributed by atoms with van der Waals surface area (Å²) in [5.41, 5.74) is 1.88. The Labute approximate surface area is 118 Å². The number of fused-ring (bicyclic) bond motifs is 3. The molecule has 1 heterocycles. The van der Waals surface area contributed by atoms with E-state index >= 15 is 0 Å². The normalized spacial score (nSPS) is 45.2. The van der Waals surface area contributed by atoms with Crippen molar-refractivity contribution in [3.05, 3.63) is 11.3 Å². The van der Waals surface area contributed by atoms with Crippen molar-refractivity contribution in [3.8, 4) is 0 Å². The van der Waals surface area contributed by atoms with Gasteiger partial charge in [-0.2, -0.15) is 0 Å². The maximum atomic E-state index is 6.45. The summed E-state index contributed by atoms with van der Waals surface area (Å²) in [5.74, 6) is 3.77. The van der Waals surface area contributed by atoms with E-state index in [0.29, 0.717) is 11.3 Å². The molecule has 0 bridgehead atoms. The van der Waals surface area contributed by atoms with Crippen LogP contribution in [0.25, 0.3) is 0 Å². The minimum absolute atomic E-state index is 0.0889.